The van der Waals surface area contributed by atoms with Gasteiger partial charge in [0.25, 0.3) is 0 Å². The maximum absolute atomic E-state index is 12.2. The van der Waals surface area contributed by atoms with Crippen LogP contribution in [0.1, 0.15) is 23.1 Å². The molecule has 2 aromatic rings. The second-order valence-corrected chi connectivity index (χ2v) is 6.50. The van der Waals surface area contributed by atoms with E-state index in [2.05, 4.69) is 4.79 Å². The normalized spacial score (nSPS) is 22.8. The van der Waals surface area contributed by atoms with E-state index in [1.165, 1.54) is 0 Å². The molecule has 0 amide bonds. The van der Waals surface area contributed by atoms with Crippen molar-refractivity contribution in [3.63, 3.8) is 0 Å². The Labute approximate surface area is 151 Å². The first-order chi connectivity index (χ1) is 12.7. The smallest absolute Gasteiger partial charge is 0.379 e. The van der Waals surface area contributed by atoms with Crippen LogP contribution in [0.3, 0.4) is 0 Å². The monoisotopic (exact) mass is 347 g/mol. The molecule has 5 nitrogen and oxygen atoms in total. The highest BCUT2D eigenvalue weighted by molar-refractivity contribution is 6.09. The molecule has 0 spiro atoms. The van der Waals surface area contributed by atoms with Crippen molar-refractivity contribution in [3.05, 3.63) is 83.4 Å². The quantitative estimate of drug-likeness (QED) is 0.297. The molecule has 2 aliphatic heterocycles. The van der Waals surface area contributed by atoms with E-state index in [4.69, 9.17) is 15.0 Å². The largest absolute Gasteiger partial charge is 0.461 e. The van der Waals surface area contributed by atoms with Crippen LogP contribution in [0.2, 0.25) is 0 Å². The molecule has 0 aliphatic carbocycles. The van der Waals surface area contributed by atoms with Gasteiger partial charge >= 0.3 is 11.7 Å². The molecule has 26 heavy (non-hydrogen) atoms. The summed E-state index contributed by atoms with van der Waals surface area (Å²) >= 11 is 0. The lowest BCUT2D eigenvalue weighted by molar-refractivity contribution is -0.150. The summed E-state index contributed by atoms with van der Waals surface area (Å²) < 4.78 is 11.1. The zero-order valence-electron chi connectivity index (χ0n) is 14.2. The van der Waals surface area contributed by atoms with Crippen molar-refractivity contribution in [2.45, 2.75) is 25.2 Å². The van der Waals surface area contributed by atoms with Crippen molar-refractivity contribution in [3.8, 4) is 0 Å². The van der Waals surface area contributed by atoms with Crippen molar-refractivity contribution in [2.24, 2.45) is 5.92 Å². The number of nitrogens with one attached hydrogen (secondary N) is 1. The summed E-state index contributed by atoms with van der Waals surface area (Å²) in [7, 11) is 0. The Kier molecular flexibility index (Phi) is 4.48. The van der Waals surface area contributed by atoms with Gasteiger partial charge in [-0.2, -0.15) is 0 Å². The lowest BCUT2D eigenvalue weighted by Crippen LogP contribution is -2.25. The van der Waals surface area contributed by atoms with Gasteiger partial charge < -0.3 is 9.47 Å². The molecule has 0 radical (unpaired) electrons. The molecule has 4 rings (SSSR count). The van der Waals surface area contributed by atoms with E-state index in [0.717, 1.165) is 16.7 Å². The Bertz CT molecular complexity index is 883. The summed E-state index contributed by atoms with van der Waals surface area (Å²) in [5, 5.41) is 0. The Morgan fingerprint density at radius 3 is 2.42 bits per heavy atom. The first-order valence-electron chi connectivity index (χ1n) is 8.64. The Morgan fingerprint density at radius 2 is 1.81 bits per heavy atom. The average molecular weight is 347 g/mol. The molecule has 2 aliphatic rings. The number of rotatable bonds is 5. The van der Waals surface area contributed by atoms with Crippen LogP contribution in [-0.4, -0.2) is 28.7 Å². The second-order valence-electron chi connectivity index (χ2n) is 6.50. The minimum atomic E-state index is -0.205. The number of hydrogen-bond donors (Lipinski definition) is 1. The van der Waals surface area contributed by atoms with Gasteiger partial charge in [-0.25, -0.2) is 0 Å². The summed E-state index contributed by atoms with van der Waals surface area (Å²) in [6.45, 7) is 0.232. The van der Waals surface area contributed by atoms with E-state index in [9.17, 15) is 4.79 Å². The fourth-order valence-corrected chi connectivity index (χ4v) is 3.42. The molecular formula is C21H19N2O3+. The van der Waals surface area contributed by atoms with Crippen molar-refractivity contribution in [1.29, 1.82) is 5.53 Å². The highest BCUT2D eigenvalue weighted by Crippen LogP contribution is 2.34. The number of fused-ring (bicyclic) bond motifs is 2. The van der Waals surface area contributed by atoms with E-state index < -0.39 is 0 Å². The fraction of sp³-hybridized carbons (Fsp3) is 0.238. The lowest BCUT2D eigenvalue weighted by Gasteiger charge is -2.14. The molecule has 5 heteroatoms. The summed E-state index contributed by atoms with van der Waals surface area (Å²) in [5.41, 5.74) is 10.7. The van der Waals surface area contributed by atoms with Crippen LogP contribution in [0.4, 0.5) is 0 Å². The van der Waals surface area contributed by atoms with Crippen LogP contribution >= 0.6 is 0 Å². The molecule has 3 atom stereocenters. The third-order valence-electron chi connectivity index (χ3n) is 4.80. The lowest BCUT2D eigenvalue weighted by atomic mass is 9.94. The van der Waals surface area contributed by atoms with Crippen molar-refractivity contribution in [1.82, 2.24) is 0 Å². The number of hydrogen-bond acceptors (Lipinski definition) is 4. The molecule has 0 saturated carbocycles. The number of esters is 1. The number of ether oxygens (including phenoxy) is 2. The van der Waals surface area contributed by atoms with Crippen LogP contribution in [0, 0.1) is 11.4 Å². The zero-order chi connectivity index (χ0) is 17.9. The highest BCUT2D eigenvalue weighted by Gasteiger charge is 2.41. The van der Waals surface area contributed by atoms with Crippen molar-refractivity contribution >= 4 is 11.7 Å². The fourth-order valence-electron chi connectivity index (χ4n) is 3.42. The topological polar surface area (TPSA) is 73.5 Å². The van der Waals surface area contributed by atoms with E-state index in [1.807, 2.05) is 66.7 Å². The van der Waals surface area contributed by atoms with Gasteiger partial charge in [0.05, 0.1) is 39.6 Å². The minimum Gasteiger partial charge on any atom is -0.461 e. The van der Waals surface area contributed by atoms with E-state index >= 15 is 0 Å². The molecule has 2 bridgehead atoms. The molecule has 1 N–H and O–H groups in total. The summed E-state index contributed by atoms with van der Waals surface area (Å²) in [6.07, 6.45) is 4.60. The van der Waals surface area contributed by atoms with Gasteiger partial charge in [0, 0.05) is 0 Å². The molecular weight excluding hydrogens is 328 g/mol. The Balaban J connectivity index is 1.39. The first-order valence-corrected chi connectivity index (χ1v) is 8.64. The van der Waals surface area contributed by atoms with Crippen LogP contribution in [0.25, 0.3) is 0 Å². The molecule has 130 valence electrons. The highest BCUT2D eigenvalue weighted by atomic mass is 16.5. The maximum atomic E-state index is 12.2. The molecule has 2 aromatic carbocycles. The number of benzene rings is 2. The van der Waals surface area contributed by atoms with Gasteiger partial charge in [-0.3, -0.25) is 4.79 Å². The van der Waals surface area contributed by atoms with Crippen LogP contribution < -0.4 is 0 Å². The predicted molar refractivity (Wildman–Crippen MR) is 94.8 cm³/mol. The van der Waals surface area contributed by atoms with Crippen LogP contribution in [0.5, 0.6) is 0 Å². The number of nitrogens with zero attached hydrogens (tertiary/aromatic N) is 1. The number of carbonyl (C=O) groups excluding carboxylic acids is 1. The summed E-state index contributed by atoms with van der Waals surface area (Å²) in [4.78, 5) is 15.9. The second kappa shape index (κ2) is 7.08. The van der Waals surface area contributed by atoms with E-state index in [-0.39, 0.29) is 30.7 Å². The predicted octanol–water partition coefficient (Wildman–Crippen LogP) is 3.15. The summed E-state index contributed by atoms with van der Waals surface area (Å²) in [5.74, 6) is -0.395. The molecule has 0 aromatic heterocycles. The number of carbonyl (C=O) groups is 1. The van der Waals surface area contributed by atoms with Gasteiger partial charge in [0.15, 0.2) is 0 Å². The van der Waals surface area contributed by atoms with Crippen molar-refractivity contribution in [2.75, 3.05) is 0 Å². The van der Waals surface area contributed by atoms with Gasteiger partial charge in [-0.15, -0.1) is 0 Å². The summed E-state index contributed by atoms with van der Waals surface area (Å²) in [6, 6.07) is 17.2. The molecule has 1 saturated heterocycles. The minimum absolute atomic E-state index is 0.0670. The molecule has 2 heterocycles. The van der Waals surface area contributed by atoms with E-state index in [0.29, 0.717) is 12.1 Å². The first kappa shape index (κ1) is 16.5. The van der Waals surface area contributed by atoms with Gasteiger partial charge in [0.2, 0.25) is 0 Å². The van der Waals surface area contributed by atoms with Crippen LogP contribution in [-0.2, 0) is 20.9 Å². The average Bonchev–Trinajstić information content (AvgIpc) is 3.32. The zero-order valence-corrected chi connectivity index (χ0v) is 14.2. The van der Waals surface area contributed by atoms with Gasteiger partial charge in [-0.1, -0.05) is 42.5 Å². The third kappa shape index (κ3) is 3.23. The Morgan fingerprint density at radius 1 is 1.08 bits per heavy atom. The maximum Gasteiger partial charge on any atom is 0.379 e. The standard InChI is InChI=1S/C21H19N2O3/c22-23-20(15-4-2-1-3-5-15)16-8-6-14(7-9-16)13-25-21(24)18-12-17-10-11-19(18)26-17/h1-11,17-19,22H,12-13H2/q+1. The van der Waals surface area contributed by atoms with Crippen LogP contribution in [0.15, 0.2) is 66.7 Å². The SMILES string of the molecule is N=[N+]=C(c1ccccc1)c1ccc(COC(=O)C2CC3C=CC2O3)cc1. The van der Waals surface area contributed by atoms with Gasteiger partial charge in [-0.05, 0) is 36.2 Å². The van der Waals surface area contributed by atoms with Crippen molar-refractivity contribution < 1.29 is 19.1 Å². The molecule has 3 unspecified atom stereocenters. The third-order valence-corrected chi connectivity index (χ3v) is 4.80. The Hall–Kier alpha value is -3.01. The molecule has 1 fully saturated rings. The van der Waals surface area contributed by atoms with E-state index in [1.54, 1.807) is 0 Å². The van der Waals surface area contributed by atoms with Gasteiger partial charge in [0.1, 0.15) is 6.61 Å².